The fourth-order valence-corrected chi connectivity index (χ4v) is 4.32. The minimum Gasteiger partial charge on any atom is -0.478 e. The Morgan fingerprint density at radius 3 is 2.47 bits per heavy atom. The molecule has 0 aliphatic rings. The molecule has 3 rings (SSSR count). The summed E-state index contributed by atoms with van der Waals surface area (Å²) in [5.74, 6) is -1.26. The third-order valence-electron chi connectivity index (χ3n) is 5.78. The molecule has 0 radical (unpaired) electrons. The molecule has 0 spiro atoms. The molecule has 3 aromatic rings. The van der Waals surface area contributed by atoms with Crippen molar-refractivity contribution in [2.45, 2.75) is 51.6 Å². The van der Waals surface area contributed by atoms with Crippen LogP contribution in [0, 0.1) is 0 Å². The van der Waals surface area contributed by atoms with Crippen molar-refractivity contribution in [3.05, 3.63) is 87.4 Å². The summed E-state index contributed by atoms with van der Waals surface area (Å²) in [6, 6.07) is 13.4. The maximum absolute atomic E-state index is 13.4. The fourth-order valence-electron chi connectivity index (χ4n) is 3.87. The van der Waals surface area contributed by atoms with Gasteiger partial charge >= 0.3 is 5.97 Å². The summed E-state index contributed by atoms with van der Waals surface area (Å²) in [6.07, 6.45) is 4.33. The molecular formula is C26H29BrN4O5. The molecule has 1 heterocycles. The van der Waals surface area contributed by atoms with Gasteiger partial charge in [-0.25, -0.2) is 15.3 Å². The molecule has 1 atom stereocenters. The zero-order valence-corrected chi connectivity index (χ0v) is 21.5. The van der Waals surface area contributed by atoms with E-state index in [2.05, 4.69) is 33.2 Å². The number of rotatable bonds is 12. The van der Waals surface area contributed by atoms with Crippen LogP contribution in [-0.4, -0.2) is 43.7 Å². The zero-order valence-electron chi connectivity index (χ0n) is 19.9. The van der Waals surface area contributed by atoms with Gasteiger partial charge < -0.3 is 15.0 Å². The van der Waals surface area contributed by atoms with Crippen LogP contribution in [-0.2, 0) is 24.2 Å². The number of hydrogen-bond acceptors (Lipinski definition) is 5. The number of unbranched alkanes of at least 4 members (excludes halogenated alkanes) is 1. The number of nitrogens with one attached hydrogen (secondary N) is 2. The average molecular weight is 557 g/mol. The zero-order chi connectivity index (χ0) is 26.1. The molecule has 2 aromatic carbocycles. The standard InChI is InChI=1S/C26H29BrN4O5/c1-2-3-8-23-28-15-22(31(23)16-17-9-11-18(12-10-17)26(34)35)25(33)29-20(14-24(32)30-36)13-19-6-4-5-7-21(19)27/h4-7,9-12,15,20,36H,2-3,8,13-14,16H2,1H3,(H,29,33)(H,30,32)(H,34,35)/t20-/m1/s1. The Balaban J connectivity index is 1.87. The summed E-state index contributed by atoms with van der Waals surface area (Å²) in [5.41, 5.74) is 3.89. The van der Waals surface area contributed by atoms with Crippen LogP contribution in [0.5, 0.6) is 0 Å². The number of imidazole rings is 1. The predicted octanol–water partition coefficient (Wildman–Crippen LogP) is 3.97. The van der Waals surface area contributed by atoms with Crippen molar-refractivity contribution in [1.29, 1.82) is 0 Å². The first-order chi connectivity index (χ1) is 17.3. The number of carboxylic acids is 1. The molecule has 1 aromatic heterocycles. The van der Waals surface area contributed by atoms with Gasteiger partial charge in [0.05, 0.1) is 11.8 Å². The number of carboxylic acid groups (broad SMARTS) is 1. The lowest BCUT2D eigenvalue weighted by molar-refractivity contribution is -0.129. The normalized spacial score (nSPS) is 11.6. The molecule has 0 fully saturated rings. The number of hydroxylamine groups is 1. The van der Waals surface area contributed by atoms with Crippen molar-refractivity contribution in [1.82, 2.24) is 20.3 Å². The number of benzene rings is 2. The Hall–Kier alpha value is -3.50. The van der Waals surface area contributed by atoms with Crippen LogP contribution < -0.4 is 10.8 Å². The van der Waals surface area contributed by atoms with Gasteiger partial charge in [-0.2, -0.15) is 0 Å². The molecule has 9 nitrogen and oxygen atoms in total. The number of aromatic nitrogens is 2. The predicted molar refractivity (Wildman–Crippen MR) is 137 cm³/mol. The first-order valence-corrected chi connectivity index (χ1v) is 12.5. The van der Waals surface area contributed by atoms with Crippen LogP contribution in [0.3, 0.4) is 0 Å². The van der Waals surface area contributed by atoms with Crippen molar-refractivity contribution >= 4 is 33.7 Å². The highest BCUT2D eigenvalue weighted by Crippen LogP contribution is 2.19. The first-order valence-electron chi connectivity index (χ1n) is 11.7. The second-order valence-electron chi connectivity index (χ2n) is 8.46. The Labute approximate surface area is 217 Å². The van der Waals surface area contributed by atoms with E-state index in [1.165, 1.54) is 18.3 Å². The third-order valence-corrected chi connectivity index (χ3v) is 6.56. The van der Waals surface area contributed by atoms with E-state index in [0.717, 1.165) is 34.3 Å². The highest BCUT2D eigenvalue weighted by molar-refractivity contribution is 9.10. The number of amides is 2. The summed E-state index contributed by atoms with van der Waals surface area (Å²) in [7, 11) is 0. The van der Waals surface area contributed by atoms with Gasteiger partial charge in [-0.3, -0.25) is 14.8 Å². The molecule has 190 valence electrons. The van der Waals surface area contributed by atoms with Gasteiger partial charge in [-0.15, -0.1) is 0 Å². The molecule has 0 aliphatic heterocycles. The Morgan fingerprint density at radius 2 is 1.83 bits per heavy atom. The van der Waals surface area contributed by atoms with Gasteiger partial charge in [0.15, 0.2) is 0 Å². The molecule has 0 unspecified atom stereocenters. The van der Waals surface area contributed by atoms with E-state index in [1.54, 1.807) is 17.6 Å². The van der Waals surface area contributed by atoms with Crippen molar-refractivity contribution in [3.8, 4) is 0 Å². The van der Waals surface area contributed by atoms with E-state index in [9.17, 15) is 14.4 Å². The topological polar surface area (TPSA) is 134 Å². The minimum atomic E-state index is -1.00. The third kappa shape index (κ3) is 7.25. The number of aryl methyl sites for hydroxylation is 1. The lowest BCUT2D eigenvalue weighted by Crippen LogP contribution is -2.41. The van der Waals surface area contributed by atoms with Gasteiger partial charge in [0.25, 0.3) is 5.91 Å². The van der Waals surface area contributed by atoms with Gasteiger partial charge in [0, 0.05) is 29.9 Å². The quantitative estimate of drug-likeness (QED) is 0.197. The number of nitrogens with zero attached hydrogens (tertiary/aromatic N) is 2. The molecule has 0 bridgehead atoms. The summed E-state index contributed by atoms with van der Waals surface area (Å²) in [6.45, 7) is 2.41. The van der Waals surface area contributed by atoms with Crippen LogP contribution in [0.2, 0.25) is 0 Å². The number of aromatic carboxylic acids is 1. The van der Waals surface area contributed by atoms with E-state index in [0.29, 0.717) is 25.1 Å². The van der Waals surface area contributed by atoms with E-state index < -0.39 is 23.8 Å². The molecule has 0 saturated carbocycles. The molecule has 36 heavy (non-hydrogen) atoms. The Kier molecular flexibility index (Phi) is 9.77. The van der Waals surface area contributed by atoms with E-state index in [4.69, 9.17) is 10.3 Å². The Morgan fingerprint density at radius 1 is 1.11 bits per heavy atom. The summed E-state index contributed by atoms with van der Waals surface area (Å²) >= 11 is 3.50. The average Bonchev–Trinajstić information content (AvgIpc) is 3.26. The van der Waals surface area contributed by atoms with Crippen LogP contribution in [0.4, 0.5) is 0 Å². The second-order valence-corrected chi connectivity index (χ2v) is 9.31. The van der Waals surface area contributed by atoms with Crippen LogP contribution in [0.1, 0.15) is 64.0 Å². The molecule has 0 saturated heterocycles. The molecule has 0 aliphatic carbocycles. The molecule has 10 heteroatoms. The monoisotopic (exact) mass is 556 g/mol. The molecular weight excluding hydrogens is 528 g/mol. The second kappa shape index (κ2) is 13.0. The van der Waals surface area contributed by atoms with Crippen LogP contribution in [0.15, 0.2) is 59.2 Å². The lowest BCUT2D eigenvalue weighted by atomic mass is 10.0. The maximum atomic E-state index is 13.4. The molecule has 2 amide bonds. The van der Waals surface area contributed by atoms with Gasteiger partial charge in [0.2, 0.25) is 5.91 Å². The molecule has 4 N–H and O–H groups in total. The summed E-state index contributed by atoms with van der Waals surface area (Å²) in [4.78, 5) is 41.0. The fraction of sp³-hybridized carbons (Fsp3) is 0.308. The van der Waals surface area contributed by atoms with Gasteiger partial charge in [0.1, 0.15) is 11.5 Å². The number of hydrogen-bond donors (Lipinski definition) is 4. The van der Waals surface area contributed by atoms with Crippen molar-refractivity contribution in [3.63, 3.8) is 0 Å². The highest BCUT2D eigenvalue weighted by atomic mass is 79.9. The lowest BCUT2D eigenvalue weighted by Gasteiger charge is -2.20. The van der Waals surface area contributed by atoms with E-state index in [-0.39, 0.29) is 12.0 Å². The van der Waals surface area contributed by atoms with Crippen LogP contribution in [0.25, 0.3) is 0 Å². The SMILES string of the molecule is CCCCc1ncc(C(=O)N[C@@H](CC(=O)NO)Cc2ccccc2Br)n1Cc1ccc(C(=O)O)cc1. The number of halogens is 1. The van der Waals surface area contributed by atoms with Crippen molar-refractivity contribution < 1.29 is 24.7 Å². The number of carbonyl (C=O) groups is 3. The van der Waals surface area contributed by atoms with Crippen molar-refractivity contribution in [2.24, 2.45) is 0 Å². The Bertz CT molecular complexity index is 1210. The maximum Gasteiger partial charge on any atom is 0.335 e. The van der Waals surface area contributed by atoms with Gasteiger partial charge in [-0.1, -0.05) is 59.6 Å². The minimum absolute atomic E-state index is 0.114. The summed E-state index contributed by atoms with van der Waals surface area (Å²) in [5, 5.41) is 21.1. The van der Waals surface area contributed by atoms with E-state index >= 15 is 0 Å². The van der Waals surface area contributed by atoms with Crippen molar-refractivity contribution in [2.75, 3.05) is 0 Å². The van der Waals surface area contributed by atoms with Crippen LogP contribution >= 0.6 is 15.9 Å². The first kappa shape index (κ1) is 27.1. The van der Waals surface area contributed by atoms with Gasteiger partial charge in [-0.05, 0) is 42.2 Å². The largest absolute Gasteiger partial charge is 0.478 e. The highest BCUT2D eigenvalue weighted by Gasteiger charge is 2.22. The van der Waals surface area contributed by atoms with E-state index in [1.807, 2.05) is 28.8 Å². The smallest absolute Gasteiger partial charge is 0.335 e. The number of carbonyl (C=O) groups excluding carboxylic acids is 2. The summed E-state index contributed by atoms with van der Waals surface area (Å²) < 4.78 is 2.67.